The summed E-state index contributed by atoms with van der Waals surface area (Å²) in [7, 11) is 0. The van der Waals surface area contributed by atoms with Gasteiger partial charge in [0.15, 0.2) is 0 Å². The number of hydrogen-bond donors (Lipinski definition) is 1. The molecule has 0 unspecified atom stereocenters. The van der Waals surface area contributed by atoms with Crippen molar-refractivity contribution in [2.45, 2.75) is 14.7 Å². The predicted octanol–water partition coefficient (Wildman–Crippen LogP) is 6.88. The van der Waals surface area contributed by atoms with Gasteiger partial charge in [-0.25, -0.2) is 0 Å². The Labute approximate surface area is 171 Å². The monoisotopic (exact) mass is 419 g/mol. The molecule has 1 N–H and O–H groups in total. The third-order valence-electron chi connectivity index (χ3n) is 3.38. The zero-order valence-corrected chi connectivity index (χ0v) is 16.8. The van der Waals surface area contributed by atoms with Gasteiger partial charge in [0.05, 0.1) is 16.5 Å². The van der Waals surface area contributed by atoms with E-state index >= 15 is 0 Å². The van der Waals surface area contributed by atoms with Crippen molar-refractivity contribution in [2.24, 2.45) is 0 Å². The Bertz CT molecular complexity index is 903. The van der Waals surface area contributed by atoms with Crippen LogP contribution in [0.5, 0.6) is 0 Å². The van der Waals surface area contributed by atoms with Gasteiger partial charge in [-0.2, -0.15) is 0 Å². The molecule has 3 aromatic rings. The Hall–Kier alpha value is -1.59. The van der Waals surface area contributed by atoms with Crippen molar-refractivity contribution in [2.75, 3.05) is 11.1 Å². The number of carbonyl (C=O) groups is 1. The largest absolute Gasteiger partial charge is 0.324 e. The molecule has 0 aromatic heterocycles. The molecule has 6 heteroatoms. The third-order valence-corrected chi connectivity index (χ3v) is 6.20. The molecule has 0 saturated heterocycles. The van der Waals surface area contributed by atoms with Gasteiger partial charge < -0.3 is 5.32 Å². The summed E-state index contributed by atoms with van der Waals surface area (Å²) in [5.41, 5.74) is 0.796. The lowest BCUT2D eigenvalue weighted by molar-refractivity contribution is -0.113. The van der Waals surface area contributed by atoms with E-state index in [9.17, 15) is 4.79 Å². The molecular formula is C20H15Cl2NOS2. The van der Waals surface area contributed by atoms with E-state index in [1.807, 2.05) is 54.6 Å². The summed E-state index contributed by atoms with van der Waals surface area (Å²) >= 11 is 15.1. The SMILES string of the molecule is O=C(CSc1cc(Cl)ccc1Cl)Nc1ccccc1Sc1ccccc1. The van der Waals surface area contributed by atoms with Gasteiger partial charge in [-0.3, -0.25) is 4.79 Å². The summed E-state index contributed by atoms with van der Waals surface area (Å²) in [5.74, 6) is 0.164. The van der Waals surface area contributed by atoms with Gasteiger partial charge in [0.2, 0.25) is 5.91 Å². The zero-order valence-electron chi connectivity index (χ0n) is 13.6. The number of benzene rings is 3. The molecule has 0 atom stereocenters. The molecule has 1 amide bonds. The molecule has 0 heterocycles. The Kier molecular flexibility index (Phi) is 6.92. The molecule has 0 fully saturated rings. The number of halogens is 2. The number of carbonyl (C=O) groups excluding carboxylic acids is 1. The first-order valence-electron chi connectivity index (χ1n) is 7.81. The zero-order chi connectivity index (χ0) is 18.4. The molecule has 0 aliphatic carbocycles. The number of rotatable bonds is 6. The summed E-state index contributed by atoms with van der Waals surface area (Å²) in [4.78, 5) is 15.3. The molecule has 0 bridgehead atoms. The topological polar surface area (TPSA) is 29.1 Å². The fourth-order valence-electron chi connectivity index (χ4n) is 2.19. The highest BCUT2D eigenvalue weighted by molar-refractivity contribution is 8.00. The van der Waals surface area contributed by atoms with Crippen molar-refractivity contribution in [1.29, 1.82) is 0 Å². The molecule has 132 valence electrons. The number of amides is 1. The Balaban J connectivity index is 1.65. The Morgan fingerprint density at radius 1 is 0.885 bits per heavy atom. The van der Waals surface area contributed by atoms with Gasteiger partial charge in [0, 0.05) is 19.7 Å². The van der Waals surface area contributed by atoms with Crippen LogP contribution >= 0.6 is 46.7 Å². The van der Waals surface area contributed by atoms with Crippen molar-refractivity contribution in [3.05, 3.63) is 82.8 Å². The van der Waals surface area contributed by atoms with E-state index < -0.39 is 0 Å². The second-order valence-electron chi connectivity index (χ2n) is 5.32. The fraction of sp³-hybridized carbons (Fsp3) is 0.0500. The van der Waals surface area contributed by atoms with Gasteiger partial charge in [0.25, 0.3) is 0 Å². The average Bonchev–Trinajstić information content (AvgIpc) is 2.65. The first-order valence-corrected chi connectivity index (χ1v) is 10.4. The summed E-state index contributed by atoms with van der Waals surface area (Å²) in [6, 6.07) is 23.0. The van der Waals surface area contributed by atoms with E-state index in [0.29, 0.717) is 10.0 Å². The predicted molar refractivity (Wildman–Crippen MR) is 113 cm³/mol. The molecule has 0 aliphatic rings. The highest BCUT2D eigenvalue weighted by atomic mass is 35.5. The molecule has 3 aromatic carbocycles. The average molecular weight is 420 g/mol. The van der Waals surface area contributed by atoms with Crippen LogP contribution in [0.4, 0.5) is 5.69 Å². The van der Waals surface area contributed by atoms with E-state index in [4.69, 9.17) is 23.2 Å². The third kappa shape index (κ3) is 5.45. The van der Waals surface area contributed by atoms with Crippen LogP contribution in [-0.4, -0.2) is 11.7 Å². The maximum Gasteiger partial charge on any atom is 0.234 e. The maximum atomic E-state index is 12.4. The maximum absolute atomic E-state index is 12.4. The lowest BCUT2D eigenvalue weighted by atomic mass is 10.3. The first kappa shape index (κ1) is 19.2. The number of hydrogen-bond acceptors (Lipinski definition) is 3. The Morgan fingerprint density at radius 3 is 2.42 bits per heavy atom. The molecule has 2 nitrogen and oxygen atoms in total. The van der Waals surface area contributed by atoms with Crippen molar-refractivity contribution in [1.82, 2.24) is 0 Å². The lowest BCUT2D eigenvalue weighted by Gasteiger charge is -2.11. The summed E-state index contributed by atoms with van der Waals surface area (Å²) in [5, 5.41) is 4.17. The van der Waals surface area contributed by atoms with E-state index in [1.165, 1.54) is 11.8 Å². The summed E-state index contributed by atoms with van der Waals surface area (Å²) in [6.07, 6.45) is 0. The minimum absolute atomic E-state index is 0.0906. The second-order valence-corrected chi connectivity index (χ2v) is 8.30. The number of thioether (sulfide) groups is 1. The van der Waals surface area contributed by atoms with Gasteiger partial charge in [-0.1, -0.05) is 65.3 Å². The van der Waals surface area contributed by atoms with Crippen LogP contribution in [-0.2, 0) is 4.79 Å². The summed E-state index contributed by atoms with van der Waals surface area (Å²) in [6.45, 7) is 0. The first-order chi connectivity index (χ1) is 12.6. The van der Waals surface area contributed by atoms with Gasteiger partial charge in [-0.15, -0.1) is 11.8 Å². The molecule has 26 heavy (non-hydrogen) atoms. The van der Waals surface area contributed by atoms with Crippen LogP contribution < -0.4 is 5.32 Å². The highest BCUT2D eigenvalue weighted by Gasteiger charge is 2.10. The Morgan fingerprint density at radius 2 is 1.62 bits per heavy atom. The number of para-hydroxylation sites is 1. The van der Waals surface area contributed by atoms with E-state index in [2.05, 4.69) is 5.32 Å². The van der Waals surface area contributed by atoms with Crippen molar-refractivity contribution in [3.63, 3.8) is 0 Å². The van der Waals surface area contributed by atoms with Crippen molar-refractivity contribution in [3.8, 4) is 0 Å². The number of anilines is 1. The smallest absolute Gasteiger partial charge is 0.234 e. The quantitative estimate of drug-likeness (QED) is 0.441. The molecule has 3 rings (SSSR count). The van der Waals surface area contributed by atoms with Crippen molar-refractivity contribution >= 4 is 58.3 Å². The van der Waals surface area contributed by atoms with Crippen LogP contribution in [0.15, 0.2) is 87.5 Å². The molecule has 0 spiro atoms. The van der Waals surface area contributed by atoms with Gasteiger partial charge >= 0.3 is 0 Å². The lowest BCUT2D eigenvalue weighted by Crippen LogP contribution is -2.14. The van der Waals surface area contributed by atoms with Gasteiger partial charge in [-0.05, 0) is 42.5 Å². The number of nitrogens with one attached hydrogen (secondary N) is 1. The standard InChI is InChI=1S/C20H15Cl2NOS2/c21-14-10-11-16(22)19(12-14)25-13-20(24)23-17-8-4-5-9-18(17)26-15-6-2-1-3-7-15/h1-12H,13H2,(H,23,24). The van der Waals surface area contributed by atoms with Crippen LogP contribution in [0.25, 0.3) is 0 Å². The minimum Gasteiger partial charge on any atom is -0.324 e. The van der Waals surface area contributed by atoms with E-state index in [1.54, 1.807) is 30.0 Å². The summed E-state index contributed by atoms with van der Waals surface area (Å²) < 4.78 is 0. The molecular weight excluding hydrogens is 405 g/mol. The van der Waals surface area contributed by atoms with Crippen LogP contribution in [0.3, 0.4) is 0 Å². The molecule has 0 aliphatic heterocycles. The normalized spacial score (nSPS) is 10.5. The molecule has 0 radical (unpaired) electrons. The van der Waals surface area contributed by atoms with Gasteiger partial charge in [0.1, 0.15) is 0 Å². The van der Waals surface area contributed by atoms with E-state index in [-0.39, 0.29) is 11.7 Å². The molecule has 0 saturated carbocycles. The van der Waals surface area contributed by atoms with Crippen LogP contribution in [0, 0.1) is 0 Å². The van der Waals surface area contributed by atoms with Crippen LogP contribution in [0.1, 0.15) is 0 Å². The highest BCUT2D eigenvalue weighted by Crippen LogP contribution is 2.34. The van der Waals surface area contributed by atoms with Crippen molar-refractivity contribution < 1.29 is 4.79 Å². The van der Waals surface area contributed by atoms with Crippen LogP contribution in [0.2, 0.25) is 10.0 Å². The minimum atomic E-state index is -0.0906. The second kappa shape index (κ2) is 9.38. The van der Waals surface area contributed by atoms with E-state index in [0.717, 1.165) is 20.4 Å². The fourth-order valence-corrected chi connectivity index (χ4v) is 4.41.